The normalized spacial score (nSPS) is 15.2. The van der Waals surface area contributed by atoms with Gasteiger partial charge in [0.15, 0.2) is 0 Å². The number of esters is 1. The Kier molecular flexibility index (Phi) is 4.44. The molecule has 0 amide bonds. The number of hydrogen-bond acceptors (Lipinski definition) is 4. The number of hydrogen-bond donors (Lipinski definition) is 1. The van der Waals surface area contributed by atoms with Crippen LogP contribution in [0.2, 0.25) is 0 Å². The van der Waals surface area contributed by atoms with E-state index < -0.39 is 16.0 Å². The minimum atomic E-state index is -3.23. The molecule has 1 saturated carbocycles. The lowest BCUT2D eigenvalue weighted by Gasteiger charge is -2.06. The van der Waals surface area contributed by atoms with Crippen molar-refractivity contribution in [3.63, 3.8) is 0 Å². The molecular formula is C14H17NO4S. The van der Waals surface area contributed by atoms with Gasteiger partial charge in [-0.2, -0.15) is 0 Å². The molecule has 6 heteroatoms. The zero-order chi connectivity index (χ0) is 14.6. The molecule has 1 aliphatic rings. The predicted molar refractivity (Wildman–Crippen MR) is 77.7 cm³/mol. The van der Waals surface area contributed by atoms with Crippen LogP contribution in [0.3, 0.4) is 0 Å². The summed E-state index contributed by atoms with van der Waals surface area (Å²) in [6, 6.07) is 6.82. The van der Waals surface area contributed by atoms with E-state index in [1.54, 1.807) is 37.3 Å². The van der Waals surface area contributed by atoms with Crippen LogP contribution in [-0.4, -0.2) is 26.2 Å². The lowest BCUT2D eigenvalue weighted by atomic mass is 10.2. The Bertz CT molecular complexity index is 601. The minimum Gasteiger partial charge on any atom is -0.463 e. The zero-order valence-electron chi connectivity index (χ0n) is 11.2. The van der Waals surface area contributed by atoms with E-state index in [4.69, 9.17) is 4.74 Å². The van der Waals surface area contributed by atoms with Crippen molar-refractivity contribution in [2.75, 3.05) is 11.3 Å². The molecule has 0 heterocycles. The molecule has 1 aromatic carbocycles. The Hall–Kier alpha value is -1.82. The average Bonchev–Trinajstić information content (AvgIpc) is 3.22. The van der Waals surface area contributed by atoms with Crippen LogP contribution in [0.25, 0.3) is 6.08 Å². The quantitative estimate of drug-likeness (QED) is 0.645. The fraction of sp³-hybridized carbons (Fsp3) is 0.357. The minimum absolute atomic E-state index is 0.245. The van der Waals surface area contributed by atoms with Crippen molar-refractivity contribution in [2.24, 2.45) is 0 Å². The second-order valence-corrected chi connectivity index (χ2v) is 6.51. The van der Waals surface area contributed by atoms with Crippen LogP contribution in [0.15, 0.2) is 30.3 Å². The van der Waals surface area contributed by atoms with E-state index in [0.29, 0.717) is 12.3 Å². The van der Waals surface area contributed by atoms with E-state index in [0.717, 1.165) is 18.4 Å². The van der Waals surface area contributed by atoms with E-state index in [-0.39, 0.29) is 5.25 Å². The summed E-state index contributed by atoms with van der Waals surface area (Å²) in [5.74, 6) is -0.397. The molecule has 1 fully saturated rings. The van der Waals surface area contributed by atoms with Gasteiger partial charge in [0.1, 0.15) is 0 Å². The number of ether oxygens (including phenoxy) is 1. The third-order valence-electron chi connectivity index (χ3n) is 2.83. The largest absolute Gasteiger partial charge is 0.463 e. The van der Waals surface area contributed by atoms with Crippen LogP contribution < -0.4 is 4.72 Å². The summed E-state index contributed by atoms with van der Waals surface area (Å²) >= 11 is 0. The standard InChI is InChI=1S/C14H17NO4S/c1-2-19-14(16)10-5-11-3-6-12(7-4-11)15-20(17,18)13-8-9-13/h3-7,10,13,15H,2,8-9H2,1H3/b10-5+. The molecule has 1 N–H and O–H groups in total. The van der Waals surface area contributed by atoms with Crippen LogP contribution in [0.5, 0.6) is 0 Å². The second-order valence-electron chi connectivity index (χ2n) is 4.55. The van der Waals surface area contributed by atoms with Gasteiger partial charge in [-0.05, 0) is 43.5 Å². The van der Waals surface area contributed by atoms with E-state index >= 15 is 0 Å². The van der Waals surface area contributed by atoms with E-state index in [1.807, 2.05) is 0 Å². The number of nitrogens with one attached hydrogen (secondary N) is 1. The van der Waals surface area contributed by atoms with Crippen molar-refractivity contribution >= 4 is 27.8 Å². The van der Waals surface area contributed by atoms with Gasteiger partial charge in [-0.15, -0.1) is 0 Å². The second kappa shape index (κ2) is 6.09. The molecule has 0 aromatic heterocycles. The number of carbonyl (C=O) groups is 1. The van der Waals surface area contributed by atoms with Crippen molar-refractivity contribution in [2.45, 2.75) is 25.0 Å². The van der Waals surface area contributed by atoms with Gasteiger partial charge in [0.25, 0.3) is 0 Å². The zero-order valence-corrected chi connectivity index (χ0v) is 12.0. The lowest BCUT2D eigenvalue weighted by Crippen LogP contribution is -2.17. The average molecular weight is 295 g/mol. The first-order chi connectivity index (χ1) is 9.51. The molecule has 0 radical (unpaired) electrons. The van der Waals surface area contributed by atoms with Crippen molar-refractivity contribution in [1.82, 2.24) is 0 Å². The Morgan fingerprint density at radius 1 is 1.35 bits per heavy atom. The molecule has 2 rings (SSSR count). The summed E-state index contributed by atoms with van der Waals surface area (Å²) in [6.45, 7) is 2.08. The van der Waals surface area contributed by atoms with Gasteiger partial charge in [0, 0.05) is 11.8 Å². The monoisotopic (exact) mass is 295 g/mol. The number of sulfonamides is 1. The summed E-state index contributed by atoms with van der Waals surface area (Å²) in [6.07, 6.45) is 4.43. The maximum absolute atomic E-state index is 11.7. The molecule has 5 nitrogen and oxygen atoms in total. The summed E-state index contributed by atoms with van der Waals surface area (Å²) in [7, 11) is -3.23. The van der Waals surface area contributed by atoms with Crippen LogP contribution in [0.1, 0.15) is 25.3 Å². The van der Waals surface area contributed by atoms with Crippen LogP contribution in [-0.2, 0) is 19.6 Å². The van der Waals surface area contributed by atoms with Gasteiger partial charge in [0.2, 0.25) is 10.0 Å². The van der Waals surface area contributed by atoms with Gasteiger partial charge < -0.3 is 4.74 Å². The van der Waals surface area contributed by atoms with Crippen molar-refractivity contribution in [3.05, 3.63) is 35.9 Å². The fourth-order valence-electron chi connectivity index (χ4n) is 1.64. The smallest absolute Gasteiger partial charge is 0.330 e. The number of anilines is 1. The molecule has 0 atom stereocenters. The highest BCUT2D eigenvalue weighted by Gasteiger charge is 2.35. The van der Waals surface area contributed by atoms with Crippen molar-refractivity contribution < 1.29 is 17.9 Å². The first-order valence-corrected chi connectivity index (χ1v) is 8.02. The molecule has 0 spiro atoms. The van der Waals surface area contributed by atoms with Crippen molar-refractivity contribution in [1.29, 1.82) is 0 Å². The molecule has 1 aromatic rings. The van der Waals surface area contributed by atoms with Crippen LogP contribution in [0.4, 0.5) is 5.69 Å². The van der Waals surface area contributed by atoms with Gasteiger partial charge in [0.05, 0.1) is 11.9 Å². The fourth-order valence-corrected chi connectivity index (χ4v) is 3.03. The van der Waals surface area contributed by atoms with Gasteiger partial charge in [-0.25, -0.2) is 13.2 Å². The number of rotatable bonds is 6. The molecule has 0 saturated heterocycles. The summed E-state index contributed by atoms with van der Waals surface area (Å²) in [5.41, 5.74) is 1.33. The van der Waals surface area contributed by atoms with Gasteiger partial charge in [-0.3, -0.25) is 4.72 Å². The summed E-state index contributed by atoms with van der Waals surface area (Å²) in [4.78, 5) is 11.2. The number of benzene rings is 1. The topological polar surface area (TPSA) is 72.5 Å². The van der Waals surface area contributed by atoms with Gasteiger partial charge >= 0.3 is 5.97 Å². The van der Waals surface area contributed by atoms with E-state index in [9.17, 15) is 13.2 Å². The van der Waals surface area contributed by atoms with E-state index in [2.05, 4.69) is 4.72 Å². The van der Waals surface area contributed by atoms with Crippen molar-refractivity contribution in [3.8, 4) is 0 Å². The Morgan fingerprint density at radius 2 is 2.00 bits per heavy atom. The highest BCUT2D eigenvalue weighted by atomic mass is 32.2. The third-order valence-corrected chi connectivity index (χ3v) is 4.70. The maximum atomic E-state index is 11.7. The van der Waals surface area contributed by atoms with Crippen LogP contribution >= 0.6 is 0 Å². The molecule has 0 bridgehead atoms. The molecular weight excluding hydrogens is 278 g/mol. The summed E-state index contributed by atoms with van der Waals surface area (Å²) < 4.78 is 30.8. The lowest BCUT2D eigenvalue weighted by molar-refractivity contribution is -0.137. The van der Waals surface area contributed by atoms with Crippen LogP contribution in [0, 0.1) is 0 Å². The third kappa shape index (κ3) is 4.09. The van der Waals surface area contributed by atoms with E-state index in [1.165, 1.54) is 6.08 Å². The van der Waals surface area contributed by atoms with Gasteiger partial charge in [-0.1, -0.05) is 12.1 Å². The SMILES string of the molecule is CCOC(=O)/C=C/c1ccc(NS(=O)(=O)C2CC2)cc1. The first kappa shape index (κ1) is 14.6. The first-order valence-electron chi connectivity index (χ1n) is 6.48. The Morgan fingerprint density at radius 3 is 2.55 bits per heavy atom. The molecule has 0 aliphatic heterocycles. The number of carbonyl (C=O) groups excluding carboxylic acids is 1. The Balaban J connectivity index is 1.97. The predicted octanol–water partition coefficient (Wildman–Crippen LogP) is 2.17. The Labute approximate surface area is 118 Å². The molecule has 108 valence electrons. The summed E-state index contributed by atoms with van der Waals surface area (Å²) in [5, 5.41) is -0.245. The molecule has 0 unspecified atom stereocenters. The highest BCUT2D eigenvalue weighted by Crippen LogP contribution is 2.29. The molecule has 1 aliphatic carbocycles. The molecule has 20 heavy (non-hydrogen) atoms. The highest BCUT2D eigenvalue weighted by molar-refractivity contribution is 7.93. The maximum Gasteiger partial charge on any atom is 0.330 e.